The lowest BCUT2D eigenvalue weighted by molar-refractivity contribution is 0.198. The van der Waals surface area contributed by atoms with E-state index in [9.17, 15) is 0 Å². The third-order valence-electron chi connectivity index (χ3n) is 5.37. The van der Waals surface area contributed by atoms with Crippen molar-refractivity contribution in [2.45, 2.75) is 38.6 Å². The normalized spacial score (nSPS) is 17.4. The van der Waals surface area contributed by atoms with E-state index in [-0.39, 0.29) is 0 Å². The summed E-state index contributed by atoms with van der Waals surface area (Å²) in [4.78, 5) is 20.2. The summed E-state index contributed by atoms with van der Waals surface area (Å²) in [6.45, 7) is 4.89. The van der Waals surface area contributed by atoms with Crippen LogP contribution in [0.15, 0.2) is 42.9 Å². The zero-order chi connectivity index (χ0) is 20.2. The van der Waals surface area contributed by atoms with E-state index in [1.807, 2.05) is 42.9 Å². The topological polar surface area (TPSA) is 80.8 Å². The first-order chi connectivity index (χ1) is 14.1. The first kappa shape index (κ1) is 19.7. The molecule has 2 N–H and O–H groups in total. The Morgan fingerprint density at radius 1 is 1.10 bits per heavy atom. The fourth-order valence-corrected chi connectivity index (χ4v) is 4.02. The van der Waals surface area contributed by atoms with Crippen LogP contribution in [0.25, 0.3) is 11.1 Å². The van der Waals surface area contributed by atoms with Gasteiger partial charge in [0.2, 0.25) is 5.95 Å². The molecule has 2 aromatic heterocycles. The highest BCUT2D eigenvalue weighted by atomic mass is 35.5. The molecule has 150 valence electrons. The van der Waals surface area contributed by atoms with Crippen molar-refractivity contribution in [3.05, 3.63) is 65.0 Å². The molecule has 1 atom stereocenters. The van der Waals surface area contributed by atoms with Crippen molar-refractivity contribution < 1.29 is 0 Å². The third-order valence-corrected chi connectivity index (χ3v) is 5.62. The fraction of sp³-hybridized carbons (Fsp3) is 0.364. The number of anilines is 1. The summed E-state index contributed by atoms with van der Waals surface area (Å²) < 4.78 is 0. The van der Waals surface area contributed by atoms with Crippen LogP contribution in [-0.2, 0) is 13.0 Å². The van der Waals surface area contributed by atoms with Crippen molar-refractivity contribution in [3.63, 3.8) is 0 Å². The molecular formula is C22H25ClN6. The maximum Gasteiger partial charge on any atom is 0.220 e. The van der Waals surface area contributed by atoms with E-state index < -0.39 is 0 Å². The Morgan fingerprint density at radius 2 is 1.86 bits per heavy atom. The maximum atomic E-state index is 6.06. The average molecular weight is 409 g/mol. The van der Waals surface area contributed by atoms with Gasteiger partial charge in [0, 0.05) is 60.2 Å². The van der Waals surface area contributed by atoms with Gasteiger partial charge >= 0.3 is 0 Å². The molecule has 0 spiro atoms. The van der Waals surface area contributed by atoms with E-state index in [0.717, 1.165) is 67.1 Å². The van der Waals surface area contributed by atoms with Crippen LogP contribution < -0.4 is 5.73 Å². The number of nitrogens with zero attached hydrogens (tertiary/aromatic N) is 5. The van der Waals surface area contributed by atoms with Crippen molar-refractivity contribution in [2.75, 3.05) is 18.8 Å². The van der Waals surface area contributed by atoms with Gasteiger partial charge in [-0.1, -0.05) is 30.7 Å². The van der Waals surface area contributed by atoms with Gasteiger partial charge < -0.3 is 5.73 Å². The molecule has 0 aliphatic carbocycles. The highest BCUT2D eigenvalue weighted by molar-refractivity contribution is 6.30. The first-order valence-electron chi connectivity index (χ1n) is 10.0. The number of rotatable bonds is 5. The van der Waals surface area contributed by atoms with Crippen LogP contribution >= 0.6 is 11.6 Å². The summed E-state index contributed by atoms with van der Waals surface area (Å²) in [6, 6.07) is 7.80. The molecule has 29 heavy (non-hydrogen) atoms. The number of piperidine rings is 1. The monoisotopic (exact) mass is 408 g/mol. The van der Waals surface area contributed by atoms with Gasteiger partial charge in [0.15, 0.2) is 0 Å². The highest BCUT2D eigenvalue weighted by Crippen LogP contribution is 2.34. The SMILES string of the molecule is CCc1ncc(CN2CCC[C@@H](c3nc(N)ncc3-c3ccc(Cl)cc3)C2)cn1. The van der Waals surface area contributed by atoms with Gasteiger partial charge in [-0.3, -0.25) is 4.90 Å². The lowest BCUT2D eigenvalue weighted by Crippen LogP contribution is -2.34. The molecule has 1 aliphatic heterocycles. The summed E-state index contributed by atoms with van der Waals surface area (Å²) in [5.74, 6) is 1.50. The molecule has 0 saturated carbocycles. The van der Waals surface area contributed by atoms with E-state index in [4.69, 9.17) is 17.3 Å². The van der Waals surface area contributed by atoms with Gasteiger partial charge in [0.25, 0.3) is 0 Å². The summed E-state index contributed by atoms with van der Waals surface area (Å²) in [5, 5.41) is 0.715. The molecule has 1 aromatic carbocycles. The van der Waals surface area contributed by atoms with Crippen molar-refractivity contribution in [3.8, 4) is 11.1 Å². The van der Waals surface area contributed by atoms with Crippen LogP contribution in [0.2, 0.25) is 5.02 Å². The van der Waals surface area contributed by atoms with Gasteiger partial charge in [-0.05, 0) is 37.1 Å². The second kappa shape index (κ2) is 8.84. The van der Waals surface area contributed by atoms with E-state index in [1.54, 1.807) is 0 Å². The summed E-state index contributed by atoms with van der Waals surface area (Å²) >= 11 is 6.06. The summed E-state index contributed by atoms with van der Waals surface area (Å²) in [5.41, 5.74) is 10.2. The molecule has 4 rings (SSSR count). The first-order valence-corrected chi connectivity index (χ1v) is 10.4. The number of halogens is 1. The molecule has 0 amide bonds. The lowest BCUT2D eigenvalue weighted by Gasteiger charge is -2.33. The van der Waals surface area contributed by atoms with Crippen LogP contribution in [-0.4, -0.2) is 37.9 Å². The number of nitrogen functional groups attached to an aromatic ring is 1. The van der Waals surface area contributed by atoms with Crippen LogP contribution in [0.5, 0.6) is 0 Å². The Bertz CT molecular complexity index is 958. The minimum atomic E-state index is 0.301. The Balaban J connectivity index is 1.56. The number of aromatic nitrogens is 4. The largest absolute Gasteiger partial charge is 0.368 e. The van der Waals surface area contributed by atoms with Crippen LogP contribution in [0.1, 0.15) is 42.8 Å². The molecule has 0 bridgehead atoms. The fourth-order valence-electron chi connectivity index (χ4n) is 3.90. The molecule has 1 aliphatic rings. The zero-order valence-corrected chi connectivity index (χ0v) is 17.3. The van der Waals surface area contributed by atoms with E-state index in [0.29, 0.717) is 16.9 Å². The van der Waals surface area contributed by atoms with Crippen LogP contribution in [0, 0.1) is 0 Å². The van der Waals surface area contributed by atoms with E-state index >= 15 is 0 Å². The maximum absolute atomic E-state index is 6.06. The molecular weight excluding hydrogens is 384 g/mol. The summed E-state index contributed by atoms with van der Waals surface area (Å²) in [7, 11) is 0. The average Bonchev–Trinajstić information content (AvgIpc) is 2.75. The predicted octanol–water partition coefficient (Wildman–Crippen LogP) is 4.11. The zero-order valence-electron chi connectivity index (χ0n) is 16.6. The molecule has 0 radical (unpaired) electrons. The Hall–Kier alpha value is -2.57. The third kappa shape index (κ3) is 4.71. The minimum Gasteiger partial charge on any atom is -0.368 e. The van der Waals surface area contributed by atoms with Crippen LogP contribution in [0.4, 0.5) is 5.95 Å². The Labute approximate surface area is 176 Å². The molecule has 0 unspecified atom stereocenters. The minimum absolute atomic E-state index is 0.301. The van der Waals surface area contributed by atoms with Crippen molar-refractivity contribution >= 4 is 17.5 Å². The number of nitrogens with two attached hydrogens (primary N) is 1. The van der Waals surface area contributed by atoms with Gasteiger partial charge in [-0.15, -0.1) is 0 Å². The van der Waals surface area contributed by atoms with Crippen molar-refractivity contribution in [1.29, 1.82) is 0 Å². The van der Waals surface area contributed by atoms with Crippen LogP contribution in [0.3, 0.4) is 0 Å². The Kier molecular flexibility index (Phi) is 6.02. The van der Waals surface area contributed by atoms with Gasteiger partial charge in [0.05, 0.1) is 5.69 Å². The molecule has 6 nitrogen and oxygen atoms in total. The lowest BCUT2D eigenvalue weighted by atomic mass is 9.90. The Morgan fingerprint density at radius 3 is 2.59 bits per heavy atom. The molecule has 1 fully saturated rings. The second-order valence-corrected chi connectivity index (χ2v) is 7.91. The second-order valence-electron chi connectivity index (χ2n) is 7.47. The molecule has 7 heteroatoms. The summed E-state index contributed by atoms with van der Waals surface area (Å²) in [6.07, 6.45) is 8.77. The quantitative estimate of drug-likeness (QED) is 0.684. The number of aryl methyl sites for hydroxylation is 1. The van der Waals surface area contributed by atoms with Crippen molar-refractivity contribution in [1.82, 2.24) is 24.8 Å². The van der Waals surface area contributed by atoms with E-state index in [2.05, 4.69) is 31.8 Å². The predicted molar refractivity (Wildman–Crippen MR) is 116 cm³/mol. The number of hydrogen-bond donors (Lipinski definition) is 1. The van der Waals surface area contributed by atoms with Crippen molar-refractivity contribution in [2.24, 2.45) is 0 Å². The highest BCUT2D eigenvalue weighted by Gasteiger charge is 2.25. The smallest absolute Gasteiger partial charge is 0.220 e. The molecule has 1 saturated heterocycles. The number of benzene rings is 1. The number of hydrogen-bond acceptors (Lipinski definition) is 6. The van der Waals surface area contributed by atoms with Gasteiger partial charge in [-0.25, -0.2) is 19.9 Å². The standard InChI is InChI=1S/C22H25ClN6/c1-2-20-25-10-15(11-26-20)13-29-9-3-4-17(14-29)21-19(12-27-22(24)28-21)16-5-7-18(23)8-6-16/h5-8,10-12,17H,2-4,9,13-14H2,1H3,(H2,24,27,28)/t17-/m1/s1. The molecule has 3 heterocycles. The number of likely N-dealkylation sites (tertiary alicyclic amines) is 1. The van der Waals surface area contributed by atoms with E-state index in [1.165, 1.54) is 0 Å². The van der Waals surface area contributed by atoms with Gasteiger partial charge in [0.1, 0.15) is 5.82 Å². The molecule has 3 aromatic rings. The van der Waals surface area contributed by atoms with Gasteiger partial charge in [-0.2, -0.15) is 0 Å².